The molecule has 0 bridgehead atoms. The summed E-state index contributed by atoms with van der Waals surface area (Å²) in [5, 5.41) is 9.89. The molecule has 1 fully saturated rings. The van der Waals surface area contributed by atoms with Gasteiger partial charge < -0.3 is 19.9 Å². The van der Waals surface area contributed by atoms with E-state index in [1.807, 2.05) is 0 Å². The maximum absolute atomic E-state index is 14.9. The largest absolute Gasteiger partial charge is 0.470 e. The van der Waals surface area contributed by atoms with Crippen LogP contribution in [0.25, 0.3) is 11.1 Å². The number of nitrogens with one attached hydrogen (secondary N) is 1. The highest BCUT2D eigenvalue weighted by atomic mass is 19.3. The van der Waals surface area contributed by atoms with Crippen LogP contribution < -0.4 is 10.2 Å². The average Bonchev–Trinajstić information content (AvgIpc) is 3.45. The Labute approximate surface area is 231 Å². The number of hydrogen-bond acceptors (Lipinski definition) is 8. The van der Waals surface area contributed by atoms with Gasteiger partial charge in [0.15, 0.2) is 6.61 Å². The smallest absolute Gasteiger partial charge is 0.272 e. The van der Waals surface area contributed by atoms with Gasteiger partial charge in [0, 0.05) is 49.5 Å². The van der Waals surface area contributed by atoms with Crippen LogP contribution >= 0.6 is 0 Å². The number of anilines is 2. The Morgan fingerprint density at radius 1 is 1.25 bits per heavy atom. The summed E-state index contributed by atoms with van der Waals surface area (Å²) in [7, 11) is 3.83. The van der Waals surface area contributed by atoms with E-state index >= 15 is 0 Å². The third kappa shape index (κ3) is 8.60. The fourth-order valence-electron chi connectivity index (χ4n) is 3.99. The number of halogens is 3. The van der Waals surface area contributed by atoms with Gasteiger partial charge in [-0.3, -0.25) is 14.8 Å². The van der Waals surface area contributed by atoms with Crippen molar-refractivity contribution in [2.75, 3.05) is 44.0 Å². The van der Waals surface area contributed by atoms with Crippen LogP contribution in [0.3, 0.4) is 0 Å². The maximum Gasteiger partial charge on any atom is 0.272 e. The minimum atomic E-state index is -2.69. The zero-order valence-electron chi connectivity index (χ0n) is 22.4. The van der Waals surface area contributed by atoms with E-state index in [0.717, 1.165) is 0 Å². The first kappa shape index (κ1) is 30.2. The zero-order valence-corrected chi connectivity index (χ0v) is 22.4. The van der Waals surface area contributed by atoms with E-state index in [0.29, 0.717) is 40.2 Å². The molecule has 0 aliphatic carbocycles. The molecule has 0 spiro atoms. The predicted molar refractivity (Wildman–Crippen MR) is 150 cm³/mol. The first-order valence-corrected chi connectivity index (χ1v) is 12.6. The molecule has 40 heavy (non-hydrogen) atoms. The molecular weight excluding hydrogens is 523 g/mol. The predicted octanol–water partition coefficient (Wildman–Crippen LogP) is 4.84. The van der Waals surface area contributed by atoms with Gasteiger partial charge in [0.1, 0.15) is 5.82 Å². The standard InChI is InChI=1S/C23H21F3N6O2.C5H11N/c1-27-20-8-18(15-4-3-7-29-10-15)19(24)9-21(20)32(14-33)12-17-6-5-16(11-30-17)23(31-28-2)34-13-22(25)26;1-6-4-2-3-5-6/h3-11,14,22,27H,2,12-13H2,1H3;2-5H2,1H3/b31-23-;. The lowest BCUT2D eigenvalue weighted by atomic mass is 10.0. The molecule has 0 saturated carbocycles. The van der Waals surface area contributed by atoms with Crippen molar-refractivity contribution in [2.45, 2.75) is 25.8 Å². The van der Waals surface area contributed by atoms with Crippen LogP contribution in [-0.2, 0) is 16.1 Å². The molecule has 1 N–H and O–H groups in total. The number of carbonyl (C=O) groups excluding carboxylic acids is 1. The molecule has 4 rings (SSSR count). The highest BCUT2D eigenvalue weighted by Gasteiger charge is 2.17. The van der Waals surface area contributed by atoms with Crippen LogP contribution in [0.15, 0.2) is 65.2 Å². The minimum Gasteiger partial charge on any atom is -0.470 e. The molecule has 3 aromatic rings. The average molecular weight is 556 g/mol. The van der Waals surface area contributed by atoms with E-state index in [2.05, 4.69) is 44.2 Å². The number of carbonyl (C=O) groups is 1. The lowest BCUT2D eigenvalue weighted by Crippen LogP contribution is -2.22. The van der Waals surface area contributed by atoms with Crippen molar-refractivity contribution in [2.24, 2.45) is 10.2 Å². The number of ether oxygens (including phenoxy) is 1. The lowest BCUT2D eigenvalue weighted by Gasteiger charge is -2.22. The fraction of sp³-hybridized carbons (Fsp3) is 0.321. The first-order valence-electron chi connectivity index (χ1n) is 12.6. The molecular formula is C28H32F3N7O2. The molecule has 1 aliphatic rings. The van der Waals surface area contributed by atoms with Gasteiger partial charge in [0.25, 0.3) is 6.43 Å². The monoisotopic (exact) mass is 555 g/mol. The number of rotatable bonds is 10. The van der Waals surface area contributed by atoms with Gasteiger partial charge in [0.2, 0.25) is 12.3 Å². The Bertz CT molecular complexity index is 1270. The van der Waals surface area contributed by atoms with Crippen LogP contribution in [0.2, 0.25) is 0 Å². The third-order valence-corrected chi connectivity index (χ3v) is 6.01. The molecule has 1 saturated heterocycles. The summed E-state index contributed by atoms with van der Waals surface area (Å²) >= 11 is 0. The molecule has 2 aromatic heterocycles. The van der Waals surface area contributed by atoms with Crippen molar-refractivity contribution in [3.63, 3.8) is 0 Å². The van der Waals surface area contributed by atoms with E-state index in [4.69, 9.17) is 4.74 Å². The van der Waals surface area contributed by atoms with Gasteiger partial charge in [-0.1, -0.05) is 6.07 Å². The lowest BCUT2D eigenvalue weighted by molar-refractivity contribution is -0.107. The van der Waals surface area contributed by atoms with Crippen LogP contribution in [-0.4, -0.2) is 74.1 Å². The second kappa shape index (κ2) is 15.3. The fourth-order valence-corrected chi connectivity index (χ4v) is 3.99. The third-order valence-electron chi connectivity index (χ3n) is 6.01. The van der Waals surface area contributed by atoms with Gasteiger partial charge in [0.05, 0.1) is 29.2 Å². The van der Waals surface area contributed by atoms with E-state index in [-0.39, 0.29) is 12.4 Å². The molecule has 212 valence electrons. The number of aromatic nitrogens is 2. The Hall–Kier alpha value is -4.32. The molecule has 0 radical (unpaired) electrons. The van der Waals surface area contributed by atoms with Crippen molar-refractivity contribution < 1.29 is 22.7 Å². The highest BCUT2D eigenvalue weighted by Crippen LogP contribution is 2.34. The summed E-state index contributed by atoms with van der Waals surface area (Å²) in [5.41, 5.74) is 2.52. The number of alkyl halides is 2. The van der Waals surface area contributed by atoms with Crippen LogP contribution in [0, 0.1) is 5.82 Å². The molecule has 1 aliphatic heterocycles. The maximum atomic E-state index is 14.9. The number of likely N-dealkylation sites (tertiary alicyclic amines) is 1. The Balaban J connectivity index is 0.000000649. The molecule has 9 nitrogen and oxygen atoms in total. The number of pyridine rings is 2. The SMILES string of the molecule is C=N/N=C(\OCC(F)F)c1ccc(CN(C=O)c2cc(F)c(-c3cccnc3)cc2NC)nc1.CN1CCCC1. The molecule has 1 aromatic carbocycles. The van der Waals surface area contributed by atoms with Gasteiger partial charge in [-0.05, 0) is 57.2 Å². The van der Waals surface area contributed by atoms with Crippen LogP contribution in [0.5, 0.6) is 0 Å². The second-order valence-electron chi connectivity index (χ2n) is 8.87. The topological polar surface area (TPSA) is 95.3 Å². The summed E-state index contributed by atoms with van der Waals surface area (Å²) in [4.78, 5) is 23.8. The zero-order chi connectivity index (χ0) is 28.9. The van der Waals surface area contributed by atoms with Crippen molar-refractivity contribution in [3.8, 4) is 11.1 Å². The van der Waals surface area contributed by atoms with Crippen molar-refractivity contribution in [3.05, 3.63) is 72.1 Å². The molecule has 1 amide bonds. The minimum absolute atomic E-state index is 0.0220. The number of amides is 1. The molecule has 0 unspecified atom stereocenters. The van der Waals surface area contributed by atoms with Crippen molar-refractivity contribution in [1.82, 2.24) is 14.9 Å². The van der Waals surface area contributed by atoms with Gasteiger partial charge in [-0.25, -0.2) is 13.2 Å². The van der Waals surface area contributed by atoms with E-state index in [9.17, 15) is 18.0 Å². The molecule has 12 heteroatoms. The van der Waals surface area contributed by atoms with Gasteiger partial charge >= 0.3 is 0 Å². The molecule has 3 heterocycles. The second-order valence-corrected chi connectivity index (χ2v) is 8.87. The van der Waals surface area contributed by atoms with Gasteiger partial charge in [-0.15, -0.1) is 5.10 Å². The van der Waals surface area contributed by atoms with Crippen molar-refractivity contribution >= 4 is 30.4 Å². The summed E-state index contributed by atoms with van der Waals surface area (Å²) in [6.45, 7) is 4.99. The Morgan fingerprint density at radius 3 is 2.55 bits per heavy atom. The normalized spacial score (nSPS) is 13.4. The summed E-state index contributed by atoms with van der Waals surface area (Å²) < 4.78 is 44.8. The Morgan fingerprint density at radius 2 is 2.02 bits per heavy atom. The van der Waals surface area contributed by atoms with E-state index in [1.165, 1.54) is 49.2 Å². The highest BCUT2D eigenvalue weighted by molar-refractivity contribution is 5.94. The summed E-state index contributed by atoms with van der Waals surface area (Å²) in [6.07, 6.45) is 5.19. The van der Waals surface area contributed by atoms with E-state index < -0.39 is 18.8 Å². The van der Waals surface area contributed by atoms with Crippen LogP contribution in [0.1, 0.15) is 24.1 Å². The number of nitrogens with zero attached hydrogens (tertiary/aromatic N) is 6. The summed E-state index contributed by atoms with van der Waals surface area (Å²) in [6, 6.07) is 9.39. The quantitative estimate of drug-likeness (QED) is 0.166. The van der Waals surface area contributed by atoms with Crippen molar-refractivity contribution in [1.29, 1.82) is 0 Å². The summed E-state index contributed by atoms with van der Waals surface area (Å²) in [5.74, 6) is -0.682. The Kier molecular flexibility index (Phi) is 11.6. The molecule has 0 atom stereocenters. The van der Waals surface area contributed by atoms with Gasteiger partial charge in [-0.2, -0.15) is 5.10 Å². The van der Waals surface area contributed by atoms with Crippen LogP contribution in [0.4, 0.5) is 24.5 Å². The first-order chi connectivity index (χ1) is 19.4. The van der Waals surface area contributed by atoms with E-state index in [1.54, 1.807) is 43.7 Å². The number of benzene rings is 1. The number of hydrogen-bond donors (Lipinski definition) is 1.